The SMILES string of the molecule is N#Cc1cccc(CNc2c(Cl)cccc2C(F)(F)F)c1. The average molecular weight is 311 g/mol. The van der Waals surface area contributed by atoms with Crippen LogP contribution in [0.15, 0.2) is 42.5 Å². The fourth-order valence-corrected chi connectivity index (χ4v) is 2.12. The van der Waals surface area contributed by atoms with Gasteiger partial charge >= 0.3 is 6.18 Å². The molecule has 0 amide bonds. The van der Waals surface area contributed by atoms with Crippen LogP contribution >= 0.6 is 11.6 Å². The Morgan fingerprint density at radius 3 is 2.52 bits per heavy atom. The Morgan fingerprint density at radius 1 is 1.14 bits per heavy atom. The van der Waals surface area contributed by atoms with Crippen molar-refractivity contribution in [1.29, 1.82) is 5.26 Å². The van der Waals surface area contributed by atoms with Crippen molar-refractivity contribution in [2.45, 2.75) is 12.7 Å². The van der Waals surface area contributed by atoms with Crippen molar-refractivity contribution in [3.05, 3.63) is 64.2 Å². The second kappa shape index (κ2) is 6.06. The molecule has 2 nitrogen and oxygen atoms in total. The number of hydrogen-bond donors (Lipinski definition) is 1. The molecular formula is C15H10ClF3N2. The Hall–Kier alpha value is -2.19. The van der Waals surface area contributed by atoms with E-state index in [1.807, 2.05) is 6.07 Å². The summed E-state index contributed by atoms with van der Waals surface area (Å²) in [5.41, 5.74) is 0.173. The summed E-state index contributed by atoms with van der Waals surface area (Å²) in [6.45, 7) is 0.141. The van der Waals surface area contributed by atoms with Crippen molar-refractivity contribution in [3.8, 4) is 6.07 Å². The summed E-state index contributed by atoms with van der Waals surface area (Å²) in [4.78, 5) is 0. The van der Waals surface area contributed by atoms with Gasteiger partial charge in [0.1, 0.15) is 0 Å². The zero-order chi connectivity index (χ0) is 15.5. The zero-order valence-electron chi connectivity index (χ0n) is 10.7. The molecule has 6 heteroatoms. The van der Waals surface area contributed by atoms with Gasteiger partial charge in [0, 0.05) is 6.54 Å². The van der Waals surface area contributed by atoms with Crippen molar-refractivity contribution in [2.24, 2.45) is 0 Å². The van der Waals surface area contributed by atoms with Crippen LogP contribution in [0.5, 0.6) is 0 Å². The first-order valence-corrected chi connectivity index (χ1v) is 6.38. The summed E-state index contributed by atoms with van der Waals surface area (Å²) in [5.74, 6) is 0. The molecule has 0 saturated heterocycles. The second-order valence-corrected chi connectivity index (χ2v) is 4.73. The van der Waals surface area contributed by atoms with Gasteiger partial charge in [-0.2, -0.15) is 18.4 Å². The van der Waals surface area contributed by atoms with Crippen molar-refractivity contribution in [3.63, 3.8) is 0 Å². The molecule has 0 unspecified atom stereocenters. The molecule has 2 rings (SSSR count). The number of halogens is 4. The molecule has 0 saturated carbocycles. The molecule has 0 bridgehead atoms. The number of anilines is 1. The van der Waals surface area contributed by atoms with Crippen molar-refractivity contribution in [1.82, 2.24) is 0 Å². The molecule has 2 aromatic carbocycles. The van der Waals surface area contributed by atoms with E-state index in [9.17, 15) is 13.2 Å². The van der Waals surface area contributed by atoms with E-state index >= 15 is 0 Å². The molecule has 0 radical (unpaired) electrons. The first kappa shape index (κ1) is 15.2. The van der Waals surface area contributed by atoms with Gasteiger partial charge in [0.2, 0.25) is 0 Å². The predicted octanol–water partition coefficient (Wildman–Crippen LogP) is 4.84. The molecule has 0 spiro atoms. The summed E-state index contributed by atoms with van der Waals surface area (Å²) >= 11 is 5.85. The van der Waals surface area contributed by atoms with Crippen molar-refractivity contribution < 1.29 is 13.2 Å². The Labute approximate surface area is 124 Å². The van der Waals surface area contributed by atoms with Crippen LogP contribution in [-0.2, 0) is 12.7 Å². The molecule has 2 aromatic rings. The maximum atomic E-state index is 12.9. The summed E-state index contributed by atoms with van der Waals surface area (Å²) in [5, 5.41) is 11.5. The molecular weight excluding hydrogens is 301 g/mol. The number of nitrogens with zero attached hydrogens (tertiary/aromatic N) is 1. The van der Waals surface area contributed by atoms with Crippen LogP contribution in [-0.4, -0.2) is 0 Å². The normalized spacial score (nSPS) is 11.0. The molecule has 0 heterocycles. The van der Waals surface area contributed by atoms with Crippen LogP contribution in [0.1, 0.15) is 16.7 Å². The fourth-order valence-electron chi connectivity index (χ4n) is 1.88. The lowest BCUT2D eigenvalue weighted by atomic mass is 10.1. The standard InChI is InChI=1S/C15H10ClF3N2/c16-13-6-2-5-12(15(17,18)19)14(13)21-9-11-4-1-3-10(7-11)8-20/h1-7,21H,9H2. The Morgan fingerprint density at radius 2 is 1.86 bits per heavy atom. The van der Waals surface area contributed by atoms with E-state index in [-0.39, 0.29) is 17.3 Å². The predicted molar refractivity (Wildman–Crippen MR) is 74.9 cm³/mol. The van der Waals surface area contributed by atoms with E-state index in [1.54, 1.807) is 24.3 Å². The van der Waals surface area contributed by atoms with E-state index in [2.05, 4.69) is 5.32 Å². The van der Waals surface area contributed by atoms with Crippen LogP contribution in [0.2, 0.25) is 5.02 Å². The number of nitriles is 1. The number of alkyl halides is 3. The zero-order valence-corrected chi connectivity index (χ0v) is 11.5. The van der Waals surface area contributed by atoms with Gasteiger partial charge in [-0.1, -0.05) is 29.8 Å². The third kappa shape index (κ3) is 3.67. The van der Waals surface area contributed by atoms with Gasteiger partial charge in [0.25, 0.3) is 0 Å². The molecule has 0 aliphatic rings. The van der Waals surface area contributed by atoms with Crippen LogP contribution in [0, 0.1) is 11.3 Å². The quantitative estimate of drug-likeness (QED) is 0.880. The third-order valence-corrected chi connectivity index (χ3v) is 3.16. The lowest BCUT2D eigenvalue weighted by Gasteiger charge is -2.16. The van der Waals surface area contributed by atoms with Crippen LogP contribution in [0.25, 0.3) is 0 Å². The van der Waals surface area contributed by atoms with E-state index in [0.717, 1.165) is 6.07 Å². The van der Waals surface area contributed by atoms with E-state index in [0.29, 0.717) is 11.1 Å². The highest BCUT2D eigenvalue weighted by molar-refractivity contribution is 6.33. The molecule has 1 N–H and O–H groups in total. The first-order valence-electron chi connectivity index (χ1n) is 6.00. The Balaban J connectivity index is 2.26. The molecule has 108 valence electrons. The van der Waals surface area contributed by atoms with E-state index < -0.39 is 11.7 Å². The third-order valence-electron chi connectivity index (χ3n) is 2.84. The minimum atomic E-state index is -4.48. The largest absolute Gasteiger partial charge is 0.418 e. The summed E-state index contributed by atoms with van der Waals surface area (Å²) in [6, 6.07) is 12.2. The van der Waals surface area contributed by atoms with E-state index in [1.165, 1.54) is 12.1 Å². The molecule has 0 aliphatic carbocycles. The van der Waals surface area contributed by atoms with Gasteiger partial charge in [0.15, 0.2) is 0 Å². The lowest BCUT2D eigenvalue weighted by Crippen LogP contribution is -2.11. The van der Waals surface area contributed by atoms with Gasteiger partial charge in [-0.05, 0) is 29.8 Å². The van der Waals surface area contributed by atoms with Crippen molar-refractivity contribution >= 4 is 17.3 Å². The van der Waals surface area contributed by atoms with Gasteiger partial charge in [-0.25, -0.2) is 0 Å². The molecule has 0 aromatic heterocycles. The van der Waals surface area contributed by atoms with Crippen LogP contribution < -0.4 is 5.32 Å². The Bertz CT molecular complexity index is 690. The highest BCUT2D eigenvalue weighted by Gasteiger charge is 2.34. The van der Waals surface area contributed by atoms with Crippen LogP contribution in [0.4, 0.5) is 18.9 Å². The topological polar surface area (TPSA) is 35.8 Å². The second-order valence-electron chi connectivity index (χ2n) is 4.33. The average Bonchev–Trinajstić information content (AvgIpc) is 2.45. The lowest BCUT2D eigenvalue weighted by molar-refractivity contribution is -0.136. The van der Waals surface area contributed by atoms with Gasteiger partial charge in [-0.15, -0.1) is 0 Å². The molecule has 21 heavy (non-hydrogen) atoms. The summed E-state index contributed by atoms with van der Waals surface area (Å²) in [6.07, 6.45) is -4.48. The number of hydrogen-bond acceptors (Lipinski definition) is 2. The number of rotatable bonds is 3. The van der Waals surface area contributed by atoms with Gasteiger partial charge < -0.3 is 5.32 Å². The summed E-state index contributed by atoms with van der Waals surface area (Å²) in [7, 11) is 0. The highest BCUT2D eigenvalue weighted by Crippen LogP contribution is 2.38. The fraction of sp³-hybridized carbons (Fsp3) is 0.133. The molecule has 0 aliphatic heterocycles. The maximum absolute atomic E-state index is 12.9. The summed E-state index contributed by atoms with van der Waals surface area (Å²) < 4.78 is 38.8. The number of para-hydroxylation sites is 1. The first-order chi connectivity index (χ1) is 9.91. The minimum Gasteiger partial charge on any atom is -0.379 e. The minimum absolute atomic E-state index is 0.00117. The van der Waals surface area contributed by atoms with Gasteiger partial charge in [0.05, 0.1) is 27.9 Å². The molecule has 0 fully saturated rings. The smallest absolute Gasteiger partial charge is 0.379 e. The van der Waals surface area contributed by atoms with Gasteiger partial charge in [-0.3, -0.25) is 0 Å². The van der Waals surface area contributed by atoms with E-state index in [4.69, 9.17) is 16.9 Å². The number of nitrogens with one attached hydrogen (secondary N) is 1. The molecule has 0 atom stereocenters. The monoisotopic (exact) mass is 310 g/mol. The number of benzene rings is 2. The van der Waals surface area contributed by atoms with Crippen molar-refractivity contribution in [2.75, 3.05) is 5.32 Å². The van der Waals surface area contributed by atoms with Crippen LogP contribution in [0.3, 0.4) is 0 Å². The Kier molecular flexibility index (Phi) is 4.39. The highest BCUT2D eigenvalue weighted by atomic mass is 35.5. The maximum Gasteiger partial charge on any atom is 0.418 e.